The minimum absolute atomic E-state index is 0.112. The average molecular weight is 373 g/mol. The molecule has 3 rings (SSSR count). The Bertz CT molecular complexity index is 995. The van der Waals surface area contributed by atoms with Crippen LogP contribution in [0.5, 0.6) is 5.75 Å². The van der Waals surface area contributed by atoms with E-state index in [1.807, 2.05) is 13.8 Å². The average Bonchev–Trinajstić information content (AvgIpc) is 3.02. The highest BCUT2D eigenvalue weighted by molar-refractivity contribution is 7.99. The second-order valence-corrected chi connectivity index (χ2v) is 6.87. The summed E-state index contributed by atoms with van der Waals surface area (Å²) in [6.07, 6.45) is 0. The molecule has 136 valence electrons. The molecule has 2 N–H and O–H groups in total. The number of carbonyl (C=O) groups is 1. The van der Waals surface area contributed by atoms with E-state index in [0.717, 1.165) is 5.69 Å². The lowest BCUT2D eigenvalue weighted by atomic mass is 10.1. The number of anilines is 1. The van der Waals surface area contributed by atoms with E-state index in [1.54, 1.807) is 35.8 Å². The number of ether oxygens (including phenoxy) is 1. The van der Waals surface area contributed by atoms with Crippen molar-refractivity contribution in [3.05, 3.63) is 46.4 Å². The van der Waals surface area contributed by atoms with Gasteiger partial charge in [-0.3, -0.25) is 19.0 Å². The molecule has 0 aliphatic carbocycles. The maximum Gasteiger partial charge on any atom is 0.252 e. The summed E-state index contributed by atoms with van der Waals surface area (Å²) in [5, 5.41) is 11.5. The molecule has 0 aliphatic heterocycles. The molecule has 2 heterocycles. The van der Waals surface area contributed by atoms with E-state index >= 15 is 0 Å². The number of benzene rings is 1. The van der Waals surface area contributed by atoms with Crippen LogP contribution < -0.4 is 15.6 Å². The topological polar surface area (TPSA) is 101 Å². The van der Waals surface area contributed by atoms with Crippen molar-refractivity contribution in [2.24, 2.45) is 0 Å². The number of nitrogens with zero attached hydrogens (tertiary/aromatic N) is 3. The van der Waals surface area contributed by atoms with E-state index in [1.165, 1.54) is 17.8 Å². The first-order chi connectivity index (χ1) is 12.5. The van der Waals surface area contributed by atoms with Gasteiger partial charge in [0.1, 0.15) is 5.75 Å². The summed E-state index contributed by atoms with van der Waals surface area (Å²) >= 11 is 1.26. The maximum absolute atomic E-state index is 12.2. The van der Waals surface area contributed by atoms with Crippen LogP contribution in [-0.2, 0) is 4.79 Å². The van der Waals surface area contributed by atoms with Crippen LogP contribution in [0.2, 0.25) is 0 Å². The highest BCUT2D eigenvalue weighted by Gasteiger charge is 2.15. The number of aromatic amines is 1. The zero-order valence-electron chi connectivity index (χ0n) is 14.6. The second-order valence-electron chi connectivity index (χ2n) is 5.92. The van der Waals surface area contributed by atoms with Crippen LogP contribution >= 0.6 is 11.8 Å². The third kappa shape index (κ3) is 3.88. The van der Waals surface area contributed by atoms with Gasteiger partial charge in [0, 0.05) is 23.5 Å². The minimum Gasteiger partial charge on any atom is -0.497 e. The summed E-state index contributed by atoms with van der Waals surface area (Å²) < 4.78 is 6.91. The monoisotopic (exact) mass is 373 g/mol. The highest BCUT2D eigenvalue weighted by atomic mass is 32.2. The van der Waals surface area contributed by atoms with Crippen molar-refractivity contribution in [2.45, 2.75) is 24.9 Å². The van der Waals surface area contributed by atoms with Gasteiger partial charge in [-0.25, -0.2) is 0 Å². The Balaban J connectivity index is 1.75. The zero-order chi connectivity index (χ0) is 18.7. The molecule has 0 radical (unpaired) electrons. The van der Waals surface area contributed by atoms with Crippen LogP contribution in [0.15, 0.2) is 40.3 Å². The molecule has 0 fully saturated rings. The molecule has 0 bridgehead atoms. The summed E-state index contributed by atoms with van der Waals surface area (Å²) in [5.41, 5.74) is 1.23. The summed E-state index contributed by atoms with van der Waals surface area (Å²) in [5.74, 6) is 1.15. The van der Waals surface area contributed by atoms with E-state index in [2.05, 4.69) is 20.5 Å². The first-order valence-electron chi connectivity index (χ1n) is 8.03. The molecule has 3 aromatic rings. The number of hydrogen-bond acceptors (Lipinski definition) is 6. The Hall–Kier alpha value is -2.81. The van der Waals surface area contributed by atoms with E-state index in [-0.39, 0.29) is 23.1 Å². The summed E-state index contributed by atoms with van der Waals surface area (Å²) in [4.78, 5) is 26.6. The van der Waals surface area contributed by atoms with Gasteiger partial charge in [0.2, 0.25) is 11.7 Å². The van der Waals surface area contributed by atoms with Crippen molar-refractivity contribution < 1.29 is 9.53 Å². The number of carbonyl (C=O) groups excluding carboxylic acids is 1. The number of thioether (sulfide) groups is 1. The Morgan fingerprint density at radius 3 is 2.88 bits per heavy atom. The van der Waals surface area contributed by atoms with Crippen LogP contribution in [0.1, 0.15) is 25.5 Å². The van der Waals surface area contributed by atoms with Gasteiger partial charge in [-0.1, -0.05) is 31.7 Å². The lowest BCUT2D eigenvalue weighted by Gasteiger charge is -2.10. The zero-order valence-corrected chi connectivity index (χ0v) is 15.5. The number of methoxy groups -OCH3 is 1. The molecule has 0 aliphatic rings. The van der Waals surface area contributed by atoms with Gasteiger partial charge in [-0.2, -0.15) is 0 Å². The van der Waals surface area contributed by atoms with Crippen LogP contribution in [-0.4, -0.2) is 38.4 Å². The minimum atomic E-state index is -0.221. The van der Waals surface area contributed by atoms with Crippen LogP contribution in [0.4, 0.5) is 5.69 Å². The molecule has 1 amide bonds. The highest BCUT2D eigenvalue weighted by Crippen LogP contribution is 2.22. The van der Waals surface area contributed by atoms with Crippen molar-refractivity contribution >= 4 is 29.1 Å². The van der Waals surface area contributed by atoms with Crippen molar-refractivity contribution in [3.8, 4) is 5.75 Å². The number of H-pyrrole nitrogens is 1. The van der Waals surface area contributed by atoms with Gasteiger partial charge < -0.3 is 10.1 Å². The largest absolute Gasteiger partial charge is 0.497 e. The van der Waals surface area contributed by atoms with Gasteiger partial charge >= 0.3 is 0 Å². The predicted octanol–water partition coefficient (Wildman–Crippen LogP) is 2.28. The molecular weight excluding hydrogens is 354 g/mol. The molecule has 0 saturated heterocycles. The molecule has 1 aromatic carbocycles. The quantitative estimate of drug-likeness (QED) is 0.643. The summed E-state index contributed by atoms with van der Waals surface area (Å²) in [7, 11) is 1.57. The smallest absolute Gasteiger partial charge is 0.252 e. The number of aromatic nitrogens is 4. The molecule has 8 nitrogen and oxygen atoms in total. The number of hydrogen-bond donors (Lipinski definition) is 2. The van der Waals surface area contributed by atoms with Crippen molar-refractivity contribution in [1.29, 1.82) is 0 Å². The number of fused-ring (bicyclic) bond motifs is 1. The molecule has 26 heavy (non-hydrogen) atoms. The maximum atomic E-state index is 12.2. The van der Waals surface area contributed by atoms with Crippen molar-refractivity contribution in [3.63, 3.8) is 0 Å². The van der Waals surface area contributed by atoms with E-state index in [9.17, 15) is 9.59 Å². The van der Waals surface area contributed by atoms with Crippen LogP contribution in [0, 0.1) is 0 Å². The molecule has 0 spiro atoms. The van der Waals surface area contributed by atoms with Crippen molar-refractivity contribution in [2.75, 3.05) is 18.2 Å². The van der Waals surface area contributed by atoms with Gasteiger partial charge in [-0.05, 0) is 18.1 Å². The summed E-state index contributed by atoms with van der Waals surface area (Å²) in [6, 6.07) is 8.68. The Morgan fingerprint density at radius 2 is 2.15 bits per heavy atom. The summed E-state index contributed by atoms with van der Waals surface area (Å²) in [6.45, 7) is 3.97. The fourth-order valence-electron chi connectivity index (χ4n) is 2.48. The van der Waals surface area contributed by atoms with E-state index in [4.69, 9.17) is 4.74 Å². The van der Waals surface area contributed by atoms with E-state index < -0.39 is 0 Å². The first-order valence-corrected chi connectivity index (χ1v) is 9.01. The van der Waals surface area contributed by atoms with E-state index in [0.29, 0.717) is 22.4 Å². The van der Waals surface area contributed by atoms with Gasteiger partial charge in [0.25, 0.3) is 5.56 Å². The van der Waals surface area contributed by atoms with Crippen molar-refractivity contribution in [1.82, 2.24) is 19.6 Å². The first kappa shape index (κ1) is 18.0. The standard InChI is InChI=1S/C17H19N5O3S/c1-10(2)13-8-14(23)19-16-20-21-17(22(13)16)26-9-15(24)18-11-5-4-6-12(7-11)25-3/h4-8,10H,9H2,1-3H3,(H,18,24)(H,19,20,23). The molecular formula is C17H19N5O3S. The Labute approximate surface area is 154 Å². The fourth-order valence-corrected chi connectivity index (χ4v) is 3.23. The van der Waals surface area contributed by atoms with Crippen LogP contribution in [0.25, 0.3) is 5.78 Å². The Kier molecular flexibility index (Phi) is 5.27. The molecule has 0 atom stereocenters. The third-order valence-electron chi connectivity index (χ3n) is 3.68. The third-order valence-corrected chi connectivity index (χ3v) is 4.61. The normalized spacial score (nSPS) is 11.1. The molecule has 0 unspecified atom stereocenters. The van der Waals surface area contributed by atoms with Crippen LogP contribution in [0.3, 0.4) is 0 Å². The molecule has 0 saturated carbocycles. The SMILES string of the molecule is COc1cccc(NC(=O)CSc2nnc3[nH]c(=O)cc(C(C)C)n23)c1. The van der Waals surface area contributed by atoms with Gasteiger partial charge in [0.15, 0.2) is 5.16 Å². The lowest BCUT2D eigenvalue weighted by molar-refractivity contribution is -0.113. The second kappa shape index (κ2) is 7.61. The lowest BCUT2D eigenvalue weighted by Crippen LogP contribution is -2.15. The fraction of sp³-hybridized carbons (Fsp3) is 0.294. The molecule has 2 aromatic heterocycles. The molecule has 9 heteroatoms. The number of rotatable bonds is 6. The Morgan fingerprint density at radius 1 is 1.35 bits per heavy atom. The van der Waals surface area contributed by atoms with Gasteiger partial charge in [0.05, 0.1) is 12.9 Å². The number of nitrogens with one attached hydrogen (secondary N) is 2. The predicted molar refractivity (Wildman–Crippen MR) is 100 cm³/mol. The number of amides is 1. The van der Waals surface area contributed by atoms with Gasteiger partial charge in [-0.15, -0.1) is 10.2 Å².